The zero-order chi connectivity index (χ0) is 13.0. The van der Waals surface area contributed by atoms with Gasteiger partial charge in [0, 0.05) is 5.56 Å². The molecule has 90 valence electrons. The Morgan fingerprint density at radius 2 is 1.61 bits per heavy atom. The summed E-state index contributed by atoms with van der Waals surface area (Å²) in [4.78, 5) is 24.3. The van der Waals surface area contributed by atoms with Crippen molar-refractivity contribution in [3.63, 3.8) is 0 Å². The molecular formula is C15H12O2S. The number of carbonyl (C=O) groups excluding carboxylic acids is 1. The molecule has 0 aliphatic rings. The molecule has 0 unspecified atom stereocenters. The average molecular weight is 256 g/mol. The Balaban J connectivity index is 2.31. The monoisotopic (exact) mass is 256 g/mol. The van der Waals surface area contributed by atoms with Crippen LogP contribution >= 0.6 is 11.8 Å². The first-order chi connectivity index (χ1) is 8.68. The van der Waals surface area contributed by atoms with Crippen LogP contribution in [0.1, 0.15) is 15.9 Å². The van der Waals surface area contributed by atoms with Crippen LogP contribution in [0.5, 0.6) is 0 Å². The standard InChI is InChI=1S/C15H12O2S/c1-11-7-5-6-8-12(11)15(17)18-14-10-4-2-3-9-13(14)16/h2-10H,1H3. The normalized spacial score (nSPS) is 10.1. The van der Waals surface area contributed by atoms with E-state index in [0.717, 1.165) is 17.3 Å². The van der Waals surface area contributed by atoms with Crippen molar-refractivity contribution >= 4 is 16.9 Å². The molecule has 0 aromatic heterocycles. The minimum absolute atomic E-state index is 0.101. The van der Waals surface area contributed by atoms with Crippen molar-refractivity contribution in [2.75, 3.05) is 0 Å². The van der Waals surface area contributed by atoms with Crippen LogP contribution < -0.4 is 5.43 Å². The number of hydrogen-bond acceptors (Lipinski definition) is 3. The van der Waals surface area contributed by atoms with Gasteiger partial charge in [-0.3, -0.25) is 9.59 Å². The van der Waals surface area contributed by atoms with Gasteiger partial charge in [-0.15, -0.1) is 0 Å². The molecule has 0 bridgehead atoms. The molecule has 0 atom stereocenters. The van der Waals surface area contributed by atoms with Crippen molar-refractivity contribution in [2.45, 2.75) is 11.8 Å². The summed E-state index contributed by atoms with van der Waals surface area (Å²) in [6, 6.07) is 15.7. The maximum Gasteiger partial charge on any atom is 0.224 e. The fourth-order valence-corrected chi connectivity index (χ4v) is 2.41. The lowest BCUT2D eigenvalue weighted by Crippen LogP contribution is -2.02. The Kier molecular flexibility index (Phi) is 3.95. The van der Waals surface area contributed by atoms with E-state index in [2.05, 4.69) is 0 Å². The molecule has 0 saturated carbocycles. The largest absolute Gasteiger partial charge is 0.289 e. The summed E-state index contributed by atoms with van der Waals surface area (Å²) in [6.45, 7) is 1.89. The van der Waals surface area contributed by atoms with Gasteiger partial charge in [-0.05, 0) is 36.4 Å². The first-order valence-electron chi connectivity index (χ1n) is 5.55. The second kappa shape index (κ2) is 5.65. The van der Waals surface area contributed by atoms with Gasteiger partial charge in [-0.1, -0.05) is 42.5 Å². The van der Waals surface area contributed by atoms with Crippen LogP contribution in [0, 0.1) is 6.92 Å². The van der Waals surface area contributed by atoms with E-state index in [9.17, 15) is 9.59 Å². The summed E-state index contributed by atoms with van der Waals surface area (Å²) in [5.74, 6) is 0. The van der Waals surface area contributed by atoms with Gasteiger partial charge in [0.1, 0.15) is 0 Å². The fourth-order valence-electron chi connectivity index (χ4n) is 1.56. The molecule has 0 radical (unpaired) electrons. The molecule has 0 heterocycles. The Bertz CT molecular complexity index is 635. The molecule has 0 aliphatic carbocycles. The number of hydrogen-bond donors (Lipinski definition) is 0. The minimum atomic E-state index is -0.132. The van der Waals surface area contributed by atoms with Crippen LogP contribution in [0.15, 0.2) is 64.3 Å². The molecule has 18 heavy (non-hydrogen) atoms. The van der Waals surface area contributed by atoms with Gasteiger partial charge in [-0.25, -0.2) is 0 Å². The van der Waals surface area contributed by atoms with Crippen molar-refractivity contribution in [3.05, 3.63) is 75.9 Å². The number of thioether (sulfide) groups is 1. The maximum atomic E-state index is 12.1. The van der Waals surface area contributed by atoms with E-state index in [0.29, 0.717) is 10.5 Å². The third kappa shape index (κ3) is 2.87. The molecule has 0 aliphatic heterocycles. The number of benzene rings is 1. The zero-order valence-corrected chi connectivity index (χ0v) is 10.7. The molecular weight excluding hydrogens is 244 g/mol. The third-order valence-electron chi connectivity index (χ3n) is 2.53. The Labute approximate surface area is 110 Å². The predicted octanol–water partition coefficient (Wildman–Crippen LogP) is 3.29. The second-order valence-electron chi connectivity index (χ2n) is 3.84. The SMILES string of the molecule is Cc1ccccc1C(=O)Sc1cccccc1=O. The molecule has 2 aromatic rings. The number of carbonyl (C=O) groups is 1. The van der Waals surface area contributed by atoms with Crippen LogP contribution in [-0.2, 0) is 0 Å². The topological polar surface area (TPSA) is 34.1 Å². The number of aryl methyl sites for hydroxylation is 1. The van der Waals surface area contributed by atoms with Gasteiger partial charge < -0.3 is 0 Å². The lowest BCUT2D eigenvalue weighted by molar-refractivity contribution is 0.108. The van der Waals surface area contributed by atoms with Crippen molar-refractivity contribution < 1.29 is 4.79 Å². The molecule has 0 fully saturated rings. The van der Waals surface area contributed by atoms with Crippen LogP contribution in [-0.4, -0.2) is 5.12 Å². The van der Waals surface area contributed by atoms with Gasteiger partial charge in [0.25, 0.3) is 0 Å². The van der Waals surface area contributed by atoms with E-state index in [1.165, 1.54) is 6.07 Å². The predicted molar refractivity (Wildman–Crippen MR) is 74.1 cm³/mol. The van der Waals surface area contributed by atoms with E-state index < -0.39 is 0 Å². The van der Waals surface area contributed by atoms with Crippen molar-refractivity contribution in [2.24, 2.45) is 0 Å². The van der Waals surface area contributed by atoms with Gasteiger partial charge in [0.15, 0.2) is 5.43 Å². The molecule has 0 spiro atoms. The summed E-state index contributed by atoms with van der Waals surface area (Å²) >= 11 is 0.979. The summed E-state index contributed by atoms with van der Waals surface area (Å²) < 4.78 is 0. The van der Waals surface area contributed by atoms with E-state index >= 15 is 0 Å². The first-order valence-corrected chi connectivity index (χ1v) is 6.37. The van der Waals surface area contributed by atoms with Crippen LogP contribution in [0.3, 0.4) is 0 Å². The lowest BCUT2D eigenvalue weighted by Gasteiger charge is -2.02. The molecule has 2 aromatic carbocycles. The molecule has 0 N–H and O–H groups in total. The summed E-state index contributed by atoms with van der Waals surface area (Å²) in [7, 11) is 0. The highest BCUT2D eigenvalue weighted by molar-refractivity contribution is 8.14. The van der Waals surface area contributed by atoms with Gasteiger partial charge >= 0.3 is 0 Å². The molecule has 0 saturated heterocycles. The van der Waals surface area contributed by atoms with Gasteiger partial charge in [0.2, 0.25) is 5.12 Å². The second-order valence-corrected chi connectivity index (χ2v) is 4.86. The molecule has 0 amide bonds. The Morgan fingerprint density at radius 1 is 0.944 bits per heavy atom. The van der Waals surface area contributed by atoms with Crippen LogP contribution in [0.4, 0.5) is 0 Å². The summed E-state index contributed by atoms with van der Waals surface area (Å²) in [5, 5.41) is -0.101. The first kappa shape index (κ1) is 12.6. The Morgan fingerprint density at radius 3 is 2.39 bits per heavy atom. The van der Waals surface area contributed by atoms with E-state index in [1.54, 1.807) is 30.3 Å². The highest BCUT2D eigenvalue weighted by Crippen LogP contribution is 2.21. The molecule has 2 nitrogen and oxygen atoms in total. The van der Waals surface area contributed by atoms with Crippen LogP contribution in [0.2, 0.25) is 0 Å². The van der Waals surface area contributed by atoms with Gasteiger partial charge in [0.05, 0.1) is 4.90 Å². The lowest BCUT2D eigenvalue weighted by atomic mass is 10.1. The molecule has 3 heteroatoms. The Hall–Kier alpha value is -1.87. The molecule has 2 rings (SSSR count). The summed E-state index contributed by atoms with van der Waals surface area (Å²) in [6.07, 6.45) is 0. The minimum Gasteiger partial charge on any atom is -0.289 e. The van der Waals surface area contributed by atoms with Crippen LogP contribution in [0.25, 0.3) is 0 Å². The smallest absolute Gasteiger partial charge is 0.224 e. The third-order valence-corrected chi connectivity index (χ3v) is 3.49. The van der Waals surface area contributed by atoms with Gasteiger partial charge in [-0.2, -0.15) is 0 Å². The van der Waals surface area contributed by atoms with E-state index in [-0.39, 0.29) is 10.5 Å². The quantitative estimate of drug-likeness (QED) is 0.773. The maximum absolute atomic E-state index is 12.1. The van der Waals surface area contributed by atoms with Crippen molar-refractivity contribution in [1.82, 2.24) is 0 Å². The highest BCUT2D eigenvalue weighted by Gasteiger charge is 2.11. The van der Waals surface area contributed by atoms with Crippen molar-refractivity contribution in [1.29, 1.82) is 0 Å². The summed E-state index contributed by atoms with van der Waals surface area (Å²) in [5.41, 5.74) is 1.43. The van der Waals surface area contributed by atoms with Crippen molar-refractivity contribution in [3.8, 4) is 0 Å². The highest BCUT2D eigenvalue weighted by atomic mass is 32.2. The number of rotatable bonds is 2. The van der Waals surface area contributed by atoms with E-state index in [4.69, 9.17) is 0 Å². The zero-order valence-electron chi connectivity index (χ0n) is 9.92. The fraction of sp³-hybridized carbons (Fsp3) is 0.0667. The van der Waals surface area contributed by atoms with E-state index in [1.807, 2.05) is 25.1 Å². The average Bonchev–Trinajstić information content (AvgIpc) is 2.55.